The van der Waals surface area contributed by atoms with Crippen molar-refractivity contribution in [2.45, 2.75) is 25.7 Å². The van der Waals surface area contributed by atoms with Gasteiger partial charge in [-0.25, -0.2) is 0 Å². The highest BCUT2D eigenvalue weighted by atomic mass is 15.3. The van der Waals surface area contributed by atoms with Crippen LogP contribution >= 0.6 is 0 Å². The van der Waals surface area contributed by atoms with Crippen molar-refractivity contribution in [1.29, 1.82) is 0 Å². The van der Waals surface area contributed by atoms with Gasteiger partial charge < -0.3 is 15.1 Å². The second kappa shape index (κ2) is 6.39. The molecule has 2 fully saturated rings. The van der Waals surface area contributed by atoms with Crippen molar-refractivity contribution in [2.24, 2.45) is 5.92 Å². The van der Waals surface area contributed by atoms with Crippen LogP contribution in [-0.2, 0) is 0 Å². The molecule has 110 valence electrons. The smallest absolute Gasteiger partial charge is 0.150 e. The van der Waals surface area contributed by atoms with Gasteiger partial charge in [-0.3, -0.25) is 0 Å². The maximum absolute atomic E-state index is 4.21. The van der Waals surface area contributed by atoms with Crippen LogP contribution in [0, 0.1) is 5.92 Å². The molecule has 5 nitrogen and oxygen atoms in total. The average molecular weight is 275 g/mol. The van der Waals surface area contributed by atoms with Crippen molar-refractivity contribution < 1.29 is 0 Å². The zero-order chi connectivity index (χ0) is 13.8. The number of hydrogen-bond donors (Lipinski definition) is 1. The molecule has 1 aliphatic carbocycles. The number of nitrogens with zero attached hydrogens (tertiary/aromatic N) is 4. The van der Waals surface area contributed by atoms with Crippen molar-refractivity contribution in [2.75, 3.05) is 50.0 Å². The van der Waals surface area contributed by atoms with Crippen molar-refractivity contribution in [1.82, 2.24) is 15.1 Å². The first-order valence-electron chi connectivity index (χ1n) is 7.81. The Morgan fingerprint density at radius 2 is 1.95 bits per heavy atom. The maximum Gasteiger partial charge on any atom is 0.150 e. The van der Waals surface area contributed by atoms with Gasteiger partial charge >= 0.3 is 0 Å². The first-order chi connectivity index (χ1) is 9.81. The third-order valence-corrected chi connectivity index (χ3v) is 4.56. The molecule has 1 saturated heterocycles. The van der Waals surface area contributed by atoms with E-state index in [1.807, 2.05) is 6.20 Å². The van der Waals surface area contributed by atoms with E-state index in [1.165, 1.54) is 31.4 Å². The van der Waals surface area contributed by atoms with E-state index in [0.717, 1.165) is 44.5 Å². The summed E-state index contributed by atoms with van der Waals surface area (Å²) in [5, 5.41) is 11.8. The van der Waals surface area contributed by atoms with Crippen LogP contribution in [-0.4, -0.2) is 54.9 Å². The van der Waals surface area contributed by atoms with Gasteiger partial charge in [0.2, 0.25) is 0 Å². The SMILES string of the molecule is CN1CCN(c2cnnc(NCC3CCCC3)c2)CC1. The van der Waals surface area contributed by atoms with E-state index < -0.39 is 0 Å². The van der Waals surface area contributed by atoms with Gasteiger partial charge in [-0.15, -0.1) is 5.10 Å². The molecule has 1 aromatic rings. The molecule has 0 bridgehead atoms. The average Bonchev–Trinajstić information content (AvgIpc) is 3.00. The minimum Gasteiger partial charge on any atom is -0.368 e. The van der Waals surface area contributed by atoms with Gasteiger partial charge in [0.1, 0.15) is 0 Å². The predicted molar refractivity (Wildman–Crippen MR) is 82.2 cm³/mol. The quantitative estimate of drug-likeness (QED) is 0.908. The van der Waals surface area contributed by atoms with E-state index in [0.29, 0.717) is 0 Å². The van der Waals surface area contributed by atoms with Crippen LogP contribution in [0.25, 0.3) is 0 Å². The number of rotatable bonds is 4. The van der Waals surface area contributed by atoms with Gasteiger partial charge in [0.15, 0.2) is 5.82 Å². The monoisotopic (exact) mass is 275 g/mol. The van der Waals surface area contributed by atoms with E-state index in [-0.39, 0.29) is 0 Å². The molecule has 2 heterocycles. The molecular weight excluding hydrogens is 250 g/mol. The number of piperazine rings is 1. The molecule has 1 aromatic heterocycles. The first kappa shape index (κ1) is 13.6. The number of anilines is 2. The maximum atomic E-state index is 4.21. The Labute approximate surface area is 121 Å². The van der Waals surface area contributed by atoms with Crippen LogP contribution in [0.1, 0.15) is 25.7 Å². The third-order valence-electron chi connectivity index (χ3n) is 4.56. The minimum atomic E-state index is 0.823. The largest absolute Gasteiger partial charge is 0.368 e. The Balaban J connectivity index is 1.57. The molecule has 2 aliphatic rings. The van der Waals surface area contributed by atoms with Gasteiger partial charge in [-0.05, 0) is 25.8 Å². The van der Waals surface area contributed by atoms with E-state index in [2.05, 4.69) is 38.4 Å². The number of hydrogen-bond acceptors (Lipinski definition) is 5. The fourth-order valence-electron chi connectivity index (χ4n) is 3.14. The van der Waals surface area contributed by atoms with Gasteiger partial charge in [0, 0.05) is 38.8 Å². The van der Waals surface area contributed by atoms with Crippen LogP contribution in [0.5, 0.6) is 0 Å². The summed E-state index contributed by atoms with van der Waals surface area (Å²) in [4.78, 5) is 4.76. The van der Waals surface area contributed by atoms with Gasteiger partial charge in [0.05, 0.1) is 11.9 Å². The summed E-state index contributed by atoms with van der Waals surface area (Å²) in [5.74, 6) is 1.75. The lowest BCUT2D eigenvalue weighted by molar-refractivity contribution is 0.312. The van der Waals surface area contributed by atoms with Crippen molar-refractivity contribution in [3.63, 3.8) is 0 Å². The molecule has 5 heteroatoms. The van der Waals surface area contributed by atoms with Crippen LogP contribution < -0.4 is 10.2 Å². The third kappa shape index (κ3) is 3.39. The number of aromatic nitrogens is 2. The van der Waals surface area contributed by atoms with Crippen LogP contribution in [0.4, 0.5) is 11.5 Å². The molecule has 20 heavy (non-hydrogen) atoms. The lowest BCUT2D eigenvalue weighted by Crippen LogP contribution is -2.44. The zero-order valence-corrected chi connectivity index (χ0v) is 12.4. The molecule has 3 rings (SSSR count). The predicted octanol–water partition coefficient (Wildman–Crippen LogP) is 1.83. The normalized spacial score (nSPS) is 21.4. The molecular formula is C15H25N5. The highest BCUT2D eigenvalue weighted by molar-refractivity contribution is 5.52. The summed E-state index contributed by atoms with van der Waals surface area (Å²) in [6, 6.07) is 2.15. The minimum absolute atomic E-state index is 0.823. The Hall–Kier alpha value is -1.36. The second-order valence-electron chi connectivity index (χ2n) is 6.12. The van der Waals surface area contributed by atoms with E-state index in [9.17, 15) is 0 Å². The van der Waals surface area contributed by atoms with Crippen molar-refractivity contribution >= 4 is 11.5 Å². The fourth-order valence-corrected chi connectivity index (χ4v) is 3.14. The molecule has 0 amide bonds. The summed E-state index contributed by atoms with van der Waals surface area (Å²) >= 11 is 0. The molecule has 0 aromatic carbocycles. The van der Waals surface area contributed by atoms with Crippen molar-refractivity contribution in [3.8, 4) is 0 Å². The summed E-state index contributed by atoms with van der Waals surface area (Å²) in [6.45, 7) is 5.43. The highest BCUT2D eigenvalue weighted by Crippen LogP contribution is 2.25. The molecule has 1 saturated carbocycles. The summed E-state index contributed by atoms with van der Waals surface area (Å²) in [5.41, 5.74) is 1.20. The van der Waals surface area contributed by atoms with E-state index in [1.54, 1.807) is 0 Å². The molecule has 0 unspecified atom stereocenters. The lowest BCUT2D eigenvalue weighted by Gasteiger charge is -2.33. The first-order valence-corrected chi connectivity index (χ1v) is 7.81. The van der Waals surface area contributed by atoms with E-state index >= 15 is 0 Å². The molecule has 1 N–H and O–H groups in total. The van der Waals surface area contributed by atoms with Crippen LogP contribution in [0.3, 0.4) is 0 Å². The van der Waals surface area contributed by atoms with Gasteiger partial charge in [-0.2, -0.15) is 5.10 Å². The molecule has 1 aliphatic heterocycles. The summed E-state index contributed by atoms with van der Waals surface area (Å²) in [6.07, 6.45) is 7.38. The Morgan fingerprint density at radius 3 is 2.70 bits per heavy atom. The van der Waals surface area contributed by atoms with Crippen molar-refractivity contribution in [3.05, 3.63) is 12.3 Å². The Bertz CT molecular complexity index is 422. The molecule has 0 radical (unpaired) electrons. The summed E-state index contributed by atoms with van der Waals surface area (Å²) < 4.78 is 0. The number of nitrogens with one attached hydrogen (secondary N) is 1. The Kier molecular flexibility index (Phi) is 4.35. The highest BCUT2D eigenvalue weighted by Gasteiger charge is 2.17. The van der Waals surface area contributed by atoms with Crippen LogP contribution in [0.15, 0.2) is 12.3 Å². The zero-order valence-electron chi connectivity index (χ0n) is 12.4. The fraction of sp³-hybridized carbons (Fsp3) is 0.733. The van der Waals surface area contributed by atoms with Crippen LogP contribution in [0.2, 0.25) is 0 Å². The van der Waals surface area contributed by atoms with E-state index in [4.69, 9.17) is 0 Å². The van der Waals surface area contributed by atoms with Gasteiger partial charge in [-0.1, -0.05) is 12.8 Å². The number of likely N-dealkylation sites (N-methyl/N-ethyl adjacent to an activating group) is 1. The van der Waals surface area contributed by atoms with Gasteiger partial charge in [0.25, 0.3) is 0 Å². The second-order valence-corrected chi connectivity index (χ2v) is 6.12. The summed E-state index contributed by atoms with van der Waals surface area (Å²) in [7, 11) is 2.18. The topological polar surface area (TPSA) is 44.3 Å². The Morgan fingerprint density at radius 1 is 1.20 bits per heavy atom. The molecule has 0 atom stereocenters. The molecule has 0 spiro atoms. The lowest BCUT2D eigenvalue weighted by atomic mass is 10.1. The standard InChI is InChI=1S/C15H25N5/c1-19-6-8-20(9-7-19)14-10-15(18-17-12-14)16-11-13-4-2-3-5-13/h10,12-13H,2-9,11H2,1H3,(H,16,18).